The van der Waals surface area contributed by atoms with Crippen molar-refractivity contribution in [3.05, 3.63) is 58.1 Å². The largest absolute Gasteiger partial charge is 0.507 e. The third-order valence-corrected chi connectivity index (χ3v) is 3.68. The third-order valence-electron chi connectivity index (χ3n) is 3.68. The molecule has 2 aromatic carbocycles. The van der Waals surface area contributed by atoms with Gasteiger partial charge >= 0.3 is 0 Å². The van der Waals surface area contributed by atoms with Crippen LogP contribution >= 0.6 is 0 Å². The first-order valence-electron chi connectivity index (χ1n) is 6.39. The molecule has 20 heavy (non-hydrogen) atoms. The number of aromatic hydroxyl groups is 1. The van der Waals surface area contributed by atoms with Crippen molar-refractivity contribution in [2.24, 2.45) is 0 Å². The number of aryl methyl sites for hydroxylation is 1. The Bertz CT molecular complexity index is 763. The predicted molar refractivity (Wildman–Crippen MR) is 75.2 cm³/mol. The van der Waals surface area contributed by atoms with Crippen LogP contribution in [0.1, 0.15) is 44.3 Å². The lowest BCUT2D eigenvalue weighted by Gasteiger charge is -2.21. The van der Waals surface area contributed by atoms with Crippen LogP contribution in [0.5, 0.6) is 5.75 Å². The van der Waals surface area contributed by atoms with E-state index in [0.29, 0.717) is 23.1 Å². The highest BCUT2D eigenvalue weighted by molar-refractivity contribution is 6.31. The minimum absolute atomic E-state index is 0.0170. The maximum atomic E-state index is 12.6. The molecule has 0 spiro atoms. The van der Waals surface area contributed by atoms with Gasteiger partial charge in [0.1, 0.15) is 5.75 Å². The highest BCUT2D eigenvalue weighted by atomic mass is 16.3. The number of benzene rings is 2. The first kappa shape index (κ1) is 12.4. The van der Waals surface area contributed by atoms with Crippen LogP contribution in [0.15, 0.2) is 30.3 Å². The topological polar surface area (TPSA) is 80.4 Å². The fraction of sp³-hybridized carbons (Fsp3) is 0.125. The van der Waals surface area contributed by atoms with E-state index >= 15 is 0 Å². The number of nitrogen functional groups attached to an aromatic ring is 1. The van der Waals surface area contributed by atoms with Gasteiger partial charge in [0.15, 0.2) is 11.6 Å². The van der Waals surface area contributed by atoms with Gasteiger partial charge in [-0.15, -0.1) is 0 Å². The van der Waals surface area contributed by atoms with Crippen molar-refractivity contribution >= 4 is 17.3 Å². The van der Waals surface area contributed by atoms with Crippen LogP contribution in [0.4, 0.5) is 5.69 Å². The molecule has 0 aromatic heterocycles. The van der Waals surface area contributed by atoms with Gasteiger partial charge in [-0.1, -0.05) is 31.2 Å². The van der Waals surface area contributed by atoms with Crippen molar-refractivity contribution in [3.63, 3.8) is 0 Å². The molecule has 3 N–H and O–H groups in total. The lowest BCUT2D eigenvalue weighted by molar-refractivity contribution is 0.0977. The Morgan fingerprint density at radius 2 is 1.60 bits per heavy atom. The fourth-order valence-electron chi connectivity index (χ4n) is 2.64. The Morgan fingerprint density at radius 1 is 1.05 bits per heavy atom. The zero-order valence-corrected chi connectivity index (χ0v) is 10.9. The average molecular weight is 267 g/mol. The predicted octanol–water partition coefficient (Wildman–Crippen LogP) is 2.31. The molecule has 0 heterocycles. The summed E-state index contributed by atoms with van der Waals surface area (Å²) in [5.41, 5.74) is 7.76. The van der Waals surface area contributed by atoms with E-state index in [4.69, 9.17) is 5.73 Å². The van der Waals surface area contributed by atoms with E-state index < -0.39 is 0 Å². The van der Waals surface area contributed by atoms with E-state index in [-0.39, 0.29) is 34.1 Å². The van der Waals surface area contributed by atoms with Gasteiger partial charge in [0.25, 0.3) is 0 Å². The number of hydrogen-bond acceptors (Lipinski definition) is 4. The Kier molecular flexibility index (Phi) is 2.61. The molecule has 0 unspecified atom stereocenters. The number of ketones is 2. The van der Waals surface area contributed by atoms with Crippen LogP contribution in [0.25, 0.3) is 0 Å². The van der Waals surface area contributed by atoms with Gasteiger partial charge in [0.2, 0.25) is 0 Å². The smallest absolute Gasteiger partial charge is 0.198 e. The summed E-state index contributed by atoms with van der Waals surface area (Å²) in [7, 11) is 0. The number of hydrogen-bond donors (Lipinski definition) is 2. The molecular formula is C16H13NO3. The summed E-state index contributed by atoms with van der Waals surface area (Å²) in [5.74, 6) is -0.848. The summed E-state index contributed by atoms with van der Waals surface area (Å²) in [6.07, 6.45) is 0.579. The second-order valence-corrected chi connectivity index (χ2v) is 4.78. The maximum Gasteiger partial charge on any atom is 0.198 e. The Morgan fingerprint density at radius 3 is 2.15 bits per heavy atom. The average Bonchev–Trinajstić information content (AvgIpc) is 2.46. The zero-order chi connectivity index (χ0) is 14.4. The highest BCUT2D eigenvalue weighted by Crippen LogP contribution is 2.37. The fourth-order valence-corrected chi connectivity index (χ4v) is 2.64. The molecule has 0 saturated heterocycles. The molecular weight excluding hydrogens is 254 g/mol. The summed E-state index contributed by atoms with van der Waals surface area (Å²) in [4.78, 5) is 25.0. The summed E-state index contributed by atoms with van der Waals surface area (Å²) in [6, 6.07) is 8.05. The van der Waals surface area contributed by atoms with E-state index in [2.05, 4.69) is 0 Å². The molecule has 1 aliphatic rings. The molecule has 0 saturated carbocycles. The van der Waals surface area contributed by atoms with Gasteiger partial charge in [0, 0.05) is 16.8 Å². The molecule has 0 atom stereocenters. The number of carbonyl (C=O) groups is 2. The minimum Gasteiger partial charge on any atom is -0.507 e. The second-order valence-electron chi connectivity index (χ2n) is 4.78. The molecule has 4 heteroatoms. The molecule has 2 aromatic rings. The first-order valence-corrected chi connectivity index (χ1v) is 6.39. The van der Waals surface area contributed by atoms with Crippen LogP contribution in [0.3, 0.4) is 0 Å². The van der Waals surface area contributed by atoms with Crippen molar-refractivity contribution < 1.29 is 14.7 Å². The lowest BCUT2D eigenvalue weighted by Crippen LogP contribution is -2.23. The lowest BCUT2D eigenvalue weighted by atomic mass is 9.81. The van der Waals surface area contributed by atoms with Crippen LogP contribution in [0, 0.1) is 0 Å². The molecule has 100 valence electrons. The molecule has 0 fully saturated rings. The number of anilines is 1. The van der Waals surface area contributed by atoms with E-state index in [0.717, 1.165) is 0 Å². The highest BCUT2D eigenvalue weighted by Gasteiger charge is 2.34. The van der Waals surface area contributed by atoms with Crippen LogP contribution < -0.4 is 5.73 Å². The van der Waals surface area contributed by atoms with Crippen molar-refractivity contribution in [1.82, 2.24) is 0 Å². The molecule has 0 bridgehead atoms. The van der Waals surface area contributed by atoms with Crippen LogP contribution in [-0.2, 0) is 6.42 Å². The Balaban J connectivity index is 2.39. The van der Waals surface area contributed by atoms with Gasteiger partial charge < -0.3 is 10.8 Å². The standard InChI is InChI=1S/C16H13NO3/c1-2-8-7-11(18)12-13(14(8)17)16(20)10-6-4-3-5-9(10)15(12)19/h3-7,18H,2,17H2,1H3. The summed E-state index contributed by atoms with van der Waals surface area (Å²) in [5, 5.41) is 10.1. The number of phenolic OH excluding ortho intramolecular Hbond substituents is 1. The van der Waals surface area contributed by atoms with Crippen LogP contribution in [-0.4, -0.2) is 16.7 Å². The Hall–Kier alpha value is -2.62. The molecule has 1 aliphatic carbocycles. The third kappa shape index (κ3) is 1.48. The molecule has 0 radical (unpaired) electrons. The number of nitrogens with two attached hydrogens (primary N) is 1. The van der Waals surface area contributed by atoms with Crippen molar-refractivity contribution in [2.45, 2.75) is 13.3 Å². The second kappa shape index (κ2) is 4.20. The van der Waals surface area contributed by atoms with Gasteiger partial charge in [-0.2, -0.15) is 0 Å². The monoisotopic (exact) mass is 267 g/mol. The van der Waals surface area contributed by atoms with Crippen LogP contribution in [0.2, 0.25) is 0 Å². The quantitative estimate of drug-likeness (QED) is 0.523. The normalized spacial score (nSPS) is 13.1. The van der Waals surface area contributed by atoms with Gasteiger partial charge in [-0.25, -0.2) is 0 Å². The first-order chi connectivity index (χ1) is 9.56. The number of phenols is 1. The van der Waals surface area contributed by atoms with Gasteiger partial charge in [-0.3, -0.25) is 9.59 Å². The minimum atomic E-state index is -0.359. The molecule has 0 amide bonds. The van der Waals surface area contributed by atoms with E-state index in [1.807, 2.05) is 6.92 Å². The van der Waals surface area contributed by atoms with E-state index in [1.54, 1.807) is 24.3 Å². The summed E-state index contributed by atoms with van der Waals surface area (Å²) < 4.78 is 0. The van der Waals surface area contributed by atoms with E-state index in [9.17, 15) is 14.7 Å². The SMILES string of the molecule is CCc1cc(O)c2c(c1N)C(=O)c1ccccc1C2=O. The number of carbonyl (C=O) groups excluding carboxylic acids is 2. The maximum absolute atomic E-state index is 12.6. The zero-order valence-electron chi connectivity index (χ0n) is 10.9. The van der Waals surface area contributed by atoms with Crippen molar-refractivity contribution in [3.8, 4) is 5.75 Å². The number of rotatable bonds is 1. The number of fused-ring (bicyclic) bond motifs is 2. The molecule has 4 nitrogen and oxygen atoms in total. The molecule has 3 rings (SSSR count). The van der Waals surface area contributed by atoms with Crippen molar-refractivity contribution in [1.29, 1.82) is 0 Å². The molecule has 0 aliphatic heterocycles. The van der Waals surface area contributed by atoms with Crippen molar-refractivity contribution in [2.75, 3.05) is 5.73 Å². The summed E-state index contributed by atoms with van der Waals surface area (Å²) in [6.45, 7) is 1.88. The van der Waals surface area contributed by atoms with E-state index in [1.165, 1.54) is 6.07 Å². The van der Waals surface area contributed by atoms with Gasteiger partial charge in [0.05, 0.1) is 11.1 Å². The Labute approximate surface area is 115 Å². The summed E-state index contributed by atoms with van der Waals surface area (Å²) >= 11 is 0. The van der Waals surface area contributed by atoms with Gasteiger partial charge in [-0.05, 0) is 18.1 Å².